The number of hydrogen-bond acceptors (Lipinski definition) is 0. The molecule has 0 amide bonds. The molecule has 80 valence electrons. The first-order chi connectivity index (χ1) is 7.25. The molecule has 0 saturated carbocycles. The number of rotatable bonds is 2. The largest absolute Gasteiger partial charge is 0.0847 e. The molecule has 1 aromatic rings. The standard InChI is InChI=1S/C15H20/c1-12-7-9-14(10-8-12)11-15-6-4-3-5-13(15)2/h3-6,9,12H,7-8,10-11H2,1-2H3. The Morgan fingerprint density at radius 3 is 2.73 bits per heavy atom. The van der Waals surface area contributed by atoms with Crippen LogP contribution in [0, 0.1) is 12.8 Å². The second-order valence-corrected chi connectivity index (χ2v) is 4.85. The van der Waals surface area contributed by atoms with Gasteiger partial charge in [-0.05, 0) is 49.7 Å². The molecule has 15 heavy (non-hydrogen) atoms. The third-order valence-corrected chi connectivity index (χ3v) is 3.45. The third-order valence-electron chi connectivity index (χ3n) is 3.45. The van der Waals surface area contributed by atoms with Gasteiger partial charge in [0.25, 0.3) is 0 Å². The first-order valence-corrected chi connectivity index (χ1v) is 5.98. The van der Waals surface area contributed by atoms with Crippen LogP contribution in [0.1, 0.15) is 37.3 Å². The van der Waals surface area contributed by atoms with Crippen molar-refractivity contribution in [3.63, 3.8) is 0 Å². The molecule has 0 bridgehead atoms. The van der Waals surface area contributed by atoms with Gasteiger partial charge in [0.05, 0.1) is 0 Å². The minimum absolute atomic E-state index is 0.894. The number of allylic oxidation sites excluding steroid dienone is 2. The molecule has 2 rings (SSSR count). The summed E-state index contributed by atoms with van der Waals surface area (Å²) >= 11 is 0. The average molecular weight is 200 g/mol. The summed E-state index contributed by atoms with van der Waals surface area (Å²) in [6.45, 7) is 4.56. The number of benzene rings is 1. The minimum atomic E-state index is 0.894. The molecular formula is C15H20. The smallest absolute Gasteiger partial charge is 0.00645 e. The van der Waals surface area contributed by atoms with Crippen LogP contribution in [0.2, 0.25) is 0 Å². The number of hydrogen-bond donors (Lipinski definition) is 0. The molecule has 1 unspecified atom stereocenters. The van der Waals surface area contributed by atoms with Gasteiger partial charge in [-0.25, -0.2) is 0 Å². The second kappa shape index (κ2) is 4.65. The van der Waals surface area contributed by atoms with Gasteiger partial charge in [-0.1, -0.05) is 42.8 Å². The first kappa shape index (κ1) is 10.5. The molecule has 1 aromatic carbocycles. The van der Waals surface area contributed by atoms with E-state index in [0.717, 1.165) is 5.92 Å². The van der Waals surface area contributed by atoms with Crippen LogP contribution in [0.3, 0.4) is 0 Å². The molecule has 0 fully saturated rings. The molecule has 0 saturated heterocycles. The SMILES string of the molecule is Cc1ccccc1CC1=CCC(C)CC1. The zero-order chi connectivity index (χ0) is 10.7. The normalized spacial score (nSPS) is 21.2. The van der Waals surface area contributed by atoms with E-state index in [1.54, 1.807) is 5.57 Å². The lowest BCUT2D eigenvalue weighted by atomic mass is 9.87. The maximum Gasteiger partial charge on any atom is -0.00645 e. The van der Waals surface area contributed by atoms with Crippen LogP contribution < -0.4 is 0 Å². The van der Waals surface area contributed by atoms with Gasteiger partial charge < -0.3 is 0 Å². The van der Waals surface area contributed by atoms with Gasteiger partial charge in [0.1, 0.15) is 0 Å². The summed E-state index contributed by atoms with van der Waals surface area (Å²) in [5.74, 6) is 0.894. The van der Waals surface area contributed by atoms with Crippen molar-refractivity contribution < 1.29 is 0 Å². The van der Waals surface area contributed by atoms with Crippen molar-refractivity contribution in [1.29, 1.82) is 0 Å². The summed E-state index contributed by atoms with van der Waals surface area (Å²) in [6.07, 6.45) is 7.58. The highest BCUT2D eigenvalue weighted by Crippen LogP contribution is 2.26. The second-order valence-electron chi connectivity index (χ2n) is 4.85. The van der Waals surface area contributed by atoms with E-state index in [-0.39, 0.29) is 0 Å². The average Bonchev–Trinajstić information content (AvgIpc) is 2.25. The maximum absolute atomic E-state index is 2.46. The lowest BCUT2D eigenvalue weighted by molar-refractivity contribution is 0.509. The van der Waals surface area contributed by atoms with Gasteiger partial charge in [0.15, 0.2) is 0 Å². The van der Waals surface area contributed by atoms with E-state index in [9.17, 15) is 0 Å². The lowest BCUT2D eigenvalue weighted by Crippen LogP contribution is -2.04. The summed E-state index contributed by atoms with van der Waals surface area (Å²) in [7, 11) is 0. The summed E-state index contributed by atoms with van der Waals surface area (Å²) in [4.78, 5) is 0. The Morgan fingerprint density at radius 2 is 2.07 bits per heavy atom. The fraction of sp³-hybridized carbons (Fsp3) is 0.467. The van der Waals surface area contributed by atoms with Gasteiger partial charge in [-0.2, -0.15) is 0 Å². The zero-order valence-electron chi connectivity index (χ0n) is 9.79. The Morgan fingerprint density at radius 1 is 1.27 bits per heavy atom. The summed E-state index contributed by atoms with van der Waals surface area (Å²) in [5.41, 5.74) is 4.57. The van der Waals surface area contributed by atoms with E-state index in [4.69, 9.17) is 0 Å². The molecule has 0 spiro atoms. The third kappa shape index (κ3) is 2.71. The summed E-state index contributed by atoms with van der Waals surface area (Å²) in [6, 6.07) is 8.74. The van der Waals surface area contributed by atoms with Crippen molar-refractivity contribution in [2.75, 3.05) is 0 Å². The molecule has 0 aromatic heterocycles. The fourth-order valence-corrected chi connectivity index (χ4v) is 2.23. The molecule has 0 nitrogen and oxygen atoms in total. The Hall–Kier alpha value is -1.04. The van der Waals surface area contributed by atoms with E-state index >= 15 is 0 Å². The highest BCUT2D eigenvalue weighted by Gasteiger charge is 2.10. The molecule has 1 aliphatic rings. The van der Waals surface area contributed by atoms with Crippen molar-refractivity contribution in [1.82, 2.24) is 0 Å². The zero-order valence-corrected chi connectivity index (χ0v) is 9.79. The maximum atomic E-state index is 2.46. The Kier molecular flexibility index (Phi) is 3.25. The molecule has 0 heterocycles. The fourth-order valence-electron chi connectivity index (χ4n) is 2.23. The monoisotopic (exact) mass is 200 g/mol. The van der Waals surface area contributed by atoms with Crippen LogP contribution in [0.25, 0.3) is 0 Å². The highest BCUT2D eigenvalue weighted by atomic mass is 14.2. The molecule has 0 N–H and O–H groups in total. The first-order valence-electron chi connectivity index (χ1n) is 5.98. The summed E-state index contributed by atoms with van der Waals surface area (Å²) < 4.78 is 0. The Labute approximate surface area is 93.0 Å². The molecular weight excluding hydrogens is 180 g/mol. The van der Waals surface area contributed by atoms with Gasteiger partial charge >= 0.3 is 0 Å². The quantitative estimate of drug-likeness (QED) is 0.625. The minimum Gasteiger partial charge on any atom is -0.0847 e. The molecule has 1 atom stereocenters. The lowest BCUT2D eigenvalue weighted by Gasteiger charge is -2.18. The predicted molar refractivity (Wildman–Crippen MR) is 66.0 cm³/mol. The van der Waals surface area contributed by atoms with E-state index in [2.05, 4.69) is 44.2 Å². The molecule has 0 radical (unpaired) electrons. The van der Waals surface area contributed by atoms with Crippen LogP contribution in [0.4, 0.5) is 0 Å². The van der Waals surface area contributed by atoms with Crippen LogP contribution >= 0.6 is 0 Å². The van der Waals surface area contributed by atoms with Crippen LogP contribution in [-0.4, -0.2) is 0 Å². The topological polar surface area (TPSA) is 0 Å². The Bertz CT molecular complexity index is 360. The van der Waals surface area contributed by atoms with Crippen LogP contribution in [0.15, 0.2) is 35.9 Å². The van der Waals surface area contributed by atoms with Crippen molar-refractivity contribution >= 4 is 0 Å². The predicted octanol–water partition coefficient (Wildman–Crippen LogP) is 4.28. The van der Waals surface area contributed by atoms with Crippen molar-refractivity contribution in [3.8, 4) is 0 Å². The highest BCUT2D eigenvalue weighted by molar-refractivity contribution is 5.30. The van der Waals surface area contributed by atoms with Crippen molar-refractivity contribution in [3.05, 3.63) is 47.0 Å². The summed E-state index contributed by atoms with van der Waals surface area (Å²) in [5, 5.41) is 0. The van der Waals surface area contributed by atoms with E-state index in [1.807, 2.05) is 0 Å². The van der Waals surface area contributed by atoms with Crippen molar-refractivity contribution in [2.45, 2.75) is 39.5 Å². The number of aryl methyl sites for hydroxylation is 1. The van der Waals surface area contributed by atoms with Crippen LogP contribution in [0.5, 0.6) is 0 Å². The van der Waals surface area contributed by atoms with Crippen LogP contribution in [-0.2, 0) is 6.42 Å². The Balaban J connectivity index is 2.06. The van der Waals surface area contributed by atoms with Gasteiger partial charge in [-0.3, -0.25) is 0 Å². The molecule has 1 aliphatic carbocycles. The van der Waals surface area contributed by atoms with Crippen molar-refractivity contribution in [2.24, 2.45) is 5.92 Å². The van der Waals surface area contributed by atoms with Gasteiger partial charge in [0.2, 0.25) is 0 Å². The molecule has 0 heteroatoms. The van der Waals surface area contributed by atoms with E-state index in [0.29, 0.717) is 0 Å². The molecule has 0 aliphatic heterocycles. The van der Waals surface area contributed by atoms with Gasteiger partial charge in [-0.15, -0.1) is 0 Å². The van der Waals surface area contributed by atoms with E-state index < -0.39 is 0 Å². The van der Waals surface area contributed by atoms with E-state index in [1.165, 1.54) is 36.8 Å². The van der Waals surface area contributed by atoms with Gasteiger partial charge in [0, 0.05) is 0 Å².